The molecule has 0 saturated carbocycles. The van der Waals surface area contributed by atoms with E-state index in [9.17, 15) is 5.11 Å². The first-order chi connectivity index (χ1) is 5.96. The van der Waals surface area contributed by atoms with Crippen molar-refractivity contribution in [3.05, 3.63) is 18.2 Å². The van der Waals surface area contributed by atoms with Crippen LogP contribution in [0.5, 0.6) is 0 Å². The summed E-state index contributed by atoms with van der Waals surface area (Å²) in [7, 11) is 0. The summed E-state index contributed by atoms with van der Waals surface area (Å²) in [4.78, 5) is 4.17. The number of hydrogen-bond donors (Lipinski definition) is 1. The average Bonchev–Trinajstić information content (AvgIpc) is 2.48. The minimum atomic E-state index is -0.498. The van der Waals surface area contributed by atoms with Crippen LogP contribution in [0.15, 0.2) is 12.4 Å². The van der Waals surface area contributed by atoms with Crippen molar-refractivity contribution in [2.45, 2.75) is 40.3 Å². The molecular formula is C10H18N2O. The molecule has 0 aliphatic carbocycles. The SMILES string of the molecule is CCn1ccnc1[C@H](O)C(C)(C)C. The summed E-state index contributed by atoms with van der Waals surface area (Å²) in [5, 5.41) is 9.97. The van der Waals surface area contributed by atoms with Crippen molar-refractivity contribution < 1.29 is 5.11 Å². The lowest BCUT2D eigenvalue weighted by Crippen LogP contribution is -2.21. The highest BCUT2D eigenvalue weighted by molar-refractivity contribution is 5.00. The maximum atomic E-state index is 9.97. The third kappa shape index (κ3) is 2.10. The van der Waals surface area contributed by atoms with Gasteiger partial charge in [-0.3, -0.25) is 0 Å². The fourth-order valence-electron chi connectivity index (χ4n) is 1.22. The summed E-state index contributed by atoms with van der Waals surface area (Å²) in [5.74, 6) is 0.759. The van der Waals surface area contributed by atoms with Gasteiger partial charge in [-0.15, -0.1) is 0 Å². The Morgan fingerprint density at radius 3 is 2.62 bits per heavy atom. The summed E-state index contributed by atoms with van der Waals surface area (Å²) in [6, 6.07) is 0. The first-order valence-corrected chi connectivity index (χ1v) is 4.66. The third-order valence-corrected chi connectivity index (χ3v) is 2.15. The van der Waals surface area contributed by atoms with E-state index >= 15 is 0 Å². The quantitative estimate of drug-likeness (QED) is 0.759. The molecule has 0 bridgehead atoms. The van der Waals surface area contributed by atoms with Gasteiger partial charge in [0.1, 0.15) is 11.9 Å². The van der Waals surface area contributed by atoms with Gasteiger partial charge in [0.15, 0.2) is 0 Å². The predicted molar refractivity (Wildman–Crippen MR) is 52.3 cm³/mol. The average molecular weight is 182 g/mol. The summed E-state index contributed by atoms with van der Waals surface area (Å²) in [6.45, 7) is 8.91. The van der Waals surface area contributed by atoms with Gasteiger partial charge < -0.3 is 9.67 Å². The van der Waals surface area contributed by atoms with E-state index in [2.05, 4.69) is 4.98 Å². The van der Waals surface area contributed by atoms with Gasteiger partial charge in [0, 0.05) is 18.9 Å². The molecule has 1 N–H and O–H groups in total. The molecule has 0 fully saturated rings. The topological polar surface area (TPSA) is 38.0 Å². The van der Waals surface area contributed by atoms with Crippen LogP contribution in [0.1, 0.15) is 39.6 Å². The maximum Gasteiger partial charge on any atom is 0.138 e. The zero-order valence-electron chi connectivity index (χ0n) is 8.78. The second kappa shape index (κ2) is 3.50. The van der Waals surface area contributed by atoms with Crippen LogP contribution >= 0.6 is 0 Å². The number of aliphatic hydroxyl groups excluding tert-OH is 1. The Labute approximate surface area is 79.4 Å². The van der Waals surface area contributed by atoms with E-state index in [4.69, 9.17) is 0 Å². The number of imidazole rings is 1. The van der Waals surface area contributed by atoms with E-state index in [-0.39, 0.29) is 5.41 Å². The van der Waals surface area contributed by atoms with E-state index in [1.807, 2.05) is 38.5 Å². The Balaban J connectivity index is 2.94. The Bertz CT molecular complexity index is 273. The Morgan fingerprint density at radius 1 is 1.54 bits per heavy atom. The Morgan fingerprint density at radius 2 is 2.15 bits per heavy atom. The van der Waals surface area contributed by atoms with Gasteiger partial charge in [0.05, 0.1) is 0 Å². The maximum absolute atomic E-state index is 9.97. The number of nitrogens with zero attached hydrogens (tertiary/aromatic N) is 2. The van der Waals surface area contributed by atoms with E-state index in [1.54, 1.807) is 6.20 Å². The highest BCUT2D eigenvalue weighted by Crippen LogP contribution is 2.31. The van der Waals surface area contributed by atoms with E-state index in [0.717, 1.165) is 12.4 Å². The normalized spacial score (nSPS) is 14.5. The summed E-state index contributed by atoms with van der Waals surface area (Å²) < 4.78 is 1.97. The van der Waals surface area contributed by atoms with Crippen molar-refractivity contribution in [2.24, 2.45) is 5.41 Å². The molecule has 3 heteroatoms. The second-order valence-electron chi connectivity index (χ2n) is 4.34. The molecule has 0 radical (unpaired) electrons. The van der Waals surface area contributed by atoms with Gasteiger partial charge in [0.2, 0.25) is 0 Å². The number of aliphatic hydroxyl groups is 1. The van der Waals surface area contributed by atoms with Gasteiger partial charge in [-0.25, -0.2) is 4.98 Å². The molecule has 1 atom stereocenters. The fraction of sp³-hybridized carbons (Fsp3) is 0.700. The lowest BCUT2D eigenvalue weighted by Gasteiger charge is -2.25. The highest BCUT2D eigenvalue weighted by atomic mass is 16.3. The summed E-state index contributed by atoms with van der Waals surface area (Å²) in [5.41, 5.74) is -0.154. The monoisotopic (exact) mass is 182 g/mol. The van der Waals surface area contributed by atoms with E-state index in [1.165, 1.54) is 0 Å². The molecule has 0 saturated heterocycles. The predicted octanol–water partition coefficient (Wildman–Crippen LogP) is 1.98. The van der Waals surface area contributed by atoms with Crippen LogP contribution in [0.3, 0.4) is 0 Å². The van der Waals surface area contributed by atoms with Gasteiger partial charge in [0.25, 0.3) is 0 Å². The number of rotatable bonds is 2. The van der Waals surface area contributed by atoms with Crippen LogP contribution in [0.25, 0.3) is 0 Å². The molecule has 74 valence electrons. The lowest BCUT2D eigenvalue weighted by molar-refractivity contribution is 0.0519. The van der Waals surface area contributed by atoms with Crippen molar-refractivity contribution in [3.63, 3.8) is 0 Å². The van der Waals surface area contributed by atoms with Crippen molar-refractivity contribution in [1.82, 2.24) is 9.55 Å². The third-order valence-electron chi connectivity index (χ3n) is 2.15. The molecule has 0 amide bonds. The molecule has 3 nitrogen and oxygen atoms in total. The van der Waals surface area contributed by atoms with Crippen LogP contribution in [-0.4, -0.2) is 14.7 Å². The largest absolute Gasteiger partial charge is 0.385 e. The molecule has 0 spiro atoms. The minimum Gasteiger partial charge on any atom is -0.385 e. The van der Waals surface area contributed by atoms with Gasteiger partial charge in [-0.1, -0.05) is 20.8 Å². The summed E-state index contributed by atoms with van der Waals surface area (Å²) in [6.07, 6.45) is 3.13. The lowest BCUT2D eigenvalue weighted by atomic mass is 9.88. The molecule has 1 aromatic rings. The van der Waals surface area contributed by atoms with Crippen molar-refractivity contribution in [3.8, 4) is 0 Å². The molecule has 13 heavy (non-hydrogen) atoms. The van der Waals surface area contributed by atoms with Crippen LogP contribution in [-0.2, 0) is 6.54 Å². The zero-order valence-corrected chi connectivity index (χ0v) is 8.78. The van der Waals surface area contributed by atoms with Crippen molar-refractivity contribution >= 4 is 0 Å². The molecule has 1 heterocycles. The molecular weight excluding hydrogens is 164 g/mol. The first kappa shape index (κ1) is 10.3. The number of aryl methyl sites for hydroxylation is 1. The van der Waals surface area contributed by atoms with Gasteiger partial charge in [-0.05, 0) is 12.3 Å². The molecule has 0 unspecified atom stereocenters. The molecule has 1 rings (SSSR count). The van der Waals surface area contributed by atoms with Crippen LogP contribution in [0.2, 0.25) is 0 Å². The van der Waals surface area contributed by atoms with Crippen molar-refractivity contribution in [2.75, 3.05) is 0 Å². The molecule has 1 aromatic heterocycles. The van der Waals surface area contributed by atoms with E-state index in [0.29, 0.717) is 0 Å². The van der Waals surface area contributed by atoms with Crippen molar-refractivity contribution in [1.29, 1.82) is 0 Å². The van der Waals surface area contributed by atoms with Crippen LogP contribution in [0, 0.1) is 5.41 Å². The number of aromatic nitrogens is 2. The Kier molecular flexibility index (Phi) is 2.76. The second-order valence-corrected chi connectivity index (χ2v) is 4.34. The number of hydrogen-bond acceptors (Lipinski definition) is 2. The first-order valence-electron chi connectivity index (χ1n) is 4.66. The Hall–Kier alpha value is -0.830. The molecule has 0 aromatic carbocycles. The van der Waals surface area contributed by atoms with Crippen LogP contribution in [0.4, 0.5) is 0 Å². The smallest absolute Gasteiger partial charge is 0.138 e. The zero-order chi connectivity index (χ0) is 10.1. The summed E-state index contributed by atoms with van der Waals surface area (Å²) >= 11 is 0. The highest BCUT2D eigenvalue weighted by Gasteiger charge is 2.26. The molecule has 0 aliphatic heterocycles. The van der Waals surface area contributed by atoms with Crippen LogP contribution < -0.4 is 0 Å². The van der Waals surface area contributed by atoms with Gasteiger partial charge in [-0.2, -0.15) is 0 Å². The molecule has 0 aliphatic rings. The standard InChI is InChI=1S/C10H18N2O/c1-5-12-7-6-11-9(12)8(13)10(2,3)4/h6-8,13H,5H2,1-4H3/t8-/m0/s1. The van der Waals surface area contributed by atoms with Gasteiger partial charge >= 0.3 is 0 Å². The van der Waals surface area contributed by atoms with E-state index < -0.39 is 6.10 Å². The minimum absolute atomic E-state index is 0.154. The fourth-order valence-corrected chi connectivity index (χ4v) is 1.22.